The Morgan fingerprint density at radius 1 is 0.636 bits per heavy atom. The lowest BCUT2D eigenvalue weighted by Gasteiger charge is -2.37. The van der Waals surface area contributed by atoms with Gasteiger partial charge in [-0.05, 0) is 74.2 Å². The maximum atomic E-state index is 13.5. The average Bonchev–Trinajstić information content (AvgIpc) is 3.11. The van der Waals surface area contributed by atoms with E-state index in [4.69, 9.17) is 4.74 Å². The average molecular weight is 484 g/mol. The molecule has 0 saturated carbocycles. The summed E-state index contributed by atoms with van der Waals surface area (Å²) in [6.45, 7) is 0. The van der Waals surface area contributed by atoms with E-state index in [1.165, 1.54) is 0 Å². The van der Waals surface area contributed by atoms with E-state index in [0.29, 0.717) is 42.1 Å². The number of rotatable bonds is 6. The number of hydrogen-bond acceptors (Lipinski definition) is 5. The van der Waals surface area contributed by atoms with E-state index >= 15 is 0 Å². The molecule has 5 rings (SSSR count). The topological polar surface area (TPSA) is 80.8 Å². The standard InChI is InChI=1S/C25H25NO5S2/c27-32(28,23-9-5-2-6-10-23)25-17-19-11-12-20(18-25)26(19)33(29,30)24-15-13-22(14-16-24)31-21-7-3-1-4-8-21/h1-10,13-16,19-20,25H,11-12,17-18H2. The van der Waals surface area contributed by atoms with Gasteiger partial charge in [0.05, 0.1) is 15.0 Å². The van der Waals surface area contributed by atoms with Crippen molar-refractivity contribution in [3.05, 3.63) is 84.9 Å². The van der Waals surface area contributed by atoms with Crippen LogP contribution in [-0.4, -0.2) is 38.5 Å². The molecule has 3 aromatic carbocycles. The van der Waals surface area contributed by atoms with Crippen LogP contribution in [0.15, 0.2) is 94.7 Å². The second-order valence-corrected chi connectivity index (χ2v) is 12.6. The molecule has 6 nitrogen and oxygen atoms in total. The molecule has 172 valence electrons. The maximum Gasteiger partial charge on any atom is 0.243 e. The van der Waals surface area contributed by atoms with Gasteiger partial charge in [-0.1, -0.05) is 36.4 Å². The van der Waals surface area contributed by atoms with Crippen molar-refractivity contribution in [3.8, 4) is 11.5 Å². The third kappa shape index (κ3) is 4.18. The number of sulfone groups is 1. The van der Waals surface area contributed by atoms with Crippen molar-refractivity contribution in [2.75, 3.05) is 0 Å². The van der Waals surface area contributed by atoms with Crippen molar-refractivity contribution in [1.29, 1.82) is 0 Å². The molecule has 2 aliphatic rings. The number of para-hydroxylation sites is 1. The number of benzene rings is 3. The van der Waals surface area contributed by atoms with Crippen molar-refractivity contribution in [3.63, 3.8) is 0 Å². The largest absolute Gasteiger partial charge is 0.457 e. The predicted octanol–water partition coefficient (Wildman–Crippen LogP) is 4.64. The molecule has 3 aromatic rings. The minimum absolute atomic E-state index is 0.198. The van der Waals surface area contributed by atoms with Gasteiger partial charge in [-0.3, -0.25) is 0 Å². The lowest BCUT2D eigenvalue weighted by molar-refractivity contribution is 0.249. The van der Waals surface area contributed by atoms with Crippen LogP contribution in [0.4, 0.5) is 0 Å². The molecule has 0 spiro atoms. The van der Waals surface area contributed by atoms with Gasteiger partial charge in [0.2, 0.25) is 10.0 Å². The Kier molecular flexibility index (Phi) is 5.76. The fourth-order valence-electron chi connectivity index (χ4n) is 4.96. The number of ether oxygens (including phenoxy) is 1. The van der Waals surface area contributed by atoms with Crippen molar-refractivity contribution >= 4 is 19.9 Å². The van der Waals surface area contributed by atoms with Crippen molar-refractivity contribution in [1.82, 2.24) is 4.31 Å². The smallest absolute Gasteiger partial charge is 0.243 e. The van der Waals surface area contributed by atoms with Crippen LogP contribution in [0, 0.1) is 0 Å². The highest BCUT2D eigenvalue weighted by Crippen LogP contribution is 2.43. The van der Waals surface area contributed by atoms with Gasteiger partial charge in [0.15, 0.2) is 9.84 Å². The van der Waals surface area contributed by atoms with Crippen LogP contribution < -0.4 is 4.74 Å². The number of nitrogens with zero attached hydrogens (tertiary/aromatic N) is 1. The van der Waals surface area contributed by atoms with E-state index in [-0.39, 0.29) is 17.0 Å². The van der Waals surface area contributed by atoms with Crippen LogP contribution in [0.2, 0.25) is 0 Å². The Labute approximate surface area is 194 Å². The zero-order valence-corrected chi connectivity index (χ0v) is 19.6. The maximum absolute atomic E-state index is 13.5. The molecule has 2 saturated heterocycles. The molecule has 2 fully saturated rings. The minimum Gasteiger partial charge on any atom is -0.457 e. The number of hydrogen-bond donors (Lipinski definition) is 0. The summed E-state index contributed by atoms with van der Waals surface area (Å²) in [5, 5.41) is -0.564. The summed E-state index contributed by atoms with van der Waals surface area (Å²) in [4.78, 5) is 0.504. The van der Waals surface area contributed by atoms with Crippen LogP contribution in [0.25, 0.3) is 0 Å². The number of fused-ring (bicyclic) bond motifs is 2. The Hall–Kier alpha value is -2.68. The van der Waals surface area contributed by atoms with Crippen LogP contribution in [0.1, 0.15) is 25.7 Å². The predicted molar refractivity (Wildman–Crippen MR) is 125 cm³/mol. The number of sulfonamides is 1. The Morgan fingerprint density at radius 2 is 1.15 bits per heavy atom. The van der Waals surface area contributed by atoms with Crippen LogP contribution in [0.5, 0.6) is 11.5 Å². The van der Waals surface area contributed by atoms with Crippen molar-refractivity contribution in [2.45, 2.75) is 52.8 Å². The molecule has 2 atom stereocenters. The highest BCUT2D eigenvalue weighted by Gasteiger charge is 2.50. The van der Waals surface area contributed by atoms with Crippen molar-refractivity contribution in [2.24, 2.45) is 0 Å². The summed E-state index contributed by atoms with van der Waals surface area (Å²) in [6.07, 6.45) is 2.00. The van der Waals surface area contributed by atoms with E-state index in [1.54, 1.807) is 58.9 Å². The van der Waals surface area contributed by atoms with Crippen LogP contribution in [0.3, 0.4) is 0 Å². The summed E-state index contributed by atoms with van der Waals surface area (Å²) in [5.74, 6) is 1.23. The summed E-state index contributed by atoms with van der Waals surface area (Å²) in [7, 11) is -7.23. The molecule has 33 heavy (non-hydrogen) atoms. The Balaban J connectivity index is 1.35. The summed E-state index contributed by atoms with van der Waals surface area (Å²) in [6, 6.07) is 23.5. The van der Waals surface area contributed by atoms with Gasteiger partial charge in [0, 0.05) is 12.1 Å². The first-order valence-electron chi connectivity index (χ1n) is 11.0. The van der Waals surface area contributed by atoms with E-state index < -0.39 is 25.1 Å². The summed E-state index contributed by atoms with van der Waals surface area (Å²) in [5.41, 5.74) is 0. The SMILES string of the molecule is O=S(=O)(c1ccccc1)C1CC2CCC(C1)N2S(=O)(=O)c1ccc(Oc2ccccc2)cc1. The summed E-state index contributed by atoms with van der Waals surface area (Å²) < 4.78 is 60.6. The normalized spacial score (nSPS) is 23.3. The Bertz CT molecular complexity index is 1310. The molecule has 0 aromatic heterocycles. The third-order valence-electron chi connectivity index (χ3n) is 6.51. The highest BCUT2D eigenvalue weighted by molar-refractivity contribution is 7.92. The molecule has 2 unspecified atom stereocenters. The third-order valence-corrected chi connectivity index (χ3v) is 10.7. The van der Waals surface area contributed by atoms with Crippen molar-refractivity contribution < 1.29 is 21.6 Å². The fraction of sp³-hybridized carbons (Fsp3) is 0.280. The minimum atomic E-state index is -3.74. The lowest BCUT2D eigenvalue weighted by atomic mass is 10.1. The van der Waals surface area contributed by atoms with Gasteiger partial charge in [0.25, 0.3) is 0 Å². The van der Waals surface area contributed by atoms with Gasteiger partial charge >= 0.3 is 0 Å². The van der Waals surface area contributed by atoms with E-state index in [1.807, 2.05) is 30.3 Å². The lowest BCUT2D eigenvalue weighted by Crippen LogP contribution is -2.49. The molecule has 0 N–H and O–H groups in total. The van der Waals surface area contributed by atoms with E-state index in [0.717, 1.165) is 0 Å². The second kappa shape index (κ2) is 8.59. The summed E-state index contributed by atoms with van der Waals surface area (Å²) >= 11 is 0. The second-order valence-electron chi connectivity index (χ2n) is 8.56. The molecular formula is C25H25NO5S2. The first-order chi connectivity index (χ1) is 15.9. The Morgan fingerprint density at radius 3 is 1.73 bits per heavy atom. The van der Waals surface area contributed by atoms with Gasteiger partial charge in [0.1, 0.15) is 11.5 Å². The zero-order chi connectivity index (χ0) is 23.1. The van der Waals surface area contributed by atoms with Crippen LogP contribution >= 0.6 is 0 Å². The molecular weight excluding hydrogens is 458 g/mol. The van der Waals surface area contributed by atoms with Crippen LogP contribution in [-0.2, 0) is 19.9 Å². The first kappa shape index (κ1) is 22.1. The molecule has 2 heterocycles. The quantitative estimate of drug-likeness (QED) is 0.510. The molecule has 2 bridgehead atoms. The van der Waals surface area contributed by atoms with E-state index in [2.05, 4.69) is 0 Å². The number of piperidine rings is 1. The fourth-order valence-corrected chi connectivity index (χ4v) is 8.72. The van der Waals surface area contributed by atoms with Gasteiger partial charge in [-0.25, -0.2) is 16.8 Å². The zero-order valence-electron chi connectivity index (χ0n) is 17.9. The van der Waals surface area contributed by atoms with Gasteiger partial charge in [-0.15, -0.1) is 0 Å². The molecule has 0 amide bonds. The van der Waals surface area contributed by atoms with Gasteiger partial charge < -0.3 is 4.74 Å². The monoisotopic (exact) mass is 483 g/mol. The first-order valence-corrected chi connectivity index (χ1v) is 14.0. The molecule has 0 radical (unpaired) electrons. The molecule has 2 aliphatic heterocycles. The van der Waals surface area contributed by atoms with Gasteiger partial charge in [-0.2, -0.15) is 4.31 Å². The molecule has 8 heteroatoms. The van der Waals surface area contributed by atoms with E-state index in [9.17, 15) is 16.8 Å². The highest BCUT2D eigenvalue weighted by atomic mass is 32.2. The molecule has 0 aliphatic carbocycles.